The molecule has 0 atom stereocenters. The van der Waals surface area contributed by atoms with E-state index in [9.17, 15) is 0 Å². The molecule has 3 nitrogen and oxygen atoms in total. The first-order chi connectivity index (χ1) is 7.70. The van der Waals surface area contributed by atoms with Gasteiger partial charge in [0.1, 0.15) is 5.75 Å². The molecule has 1 N–H and O–H groups in total. The zero-order valence-corrected chi connectivity index (χ0v) is 9.47. The van der Waals surface area contributed by atoms with Crippen LogP contribution in [0.15, 0.2) is 30.3 Å². The van der Waals surface area contributed by atoms with E-state index in [1.165, 1.54) is 0 Å². The van der Waals surface area contributed by atoms with E-state index in [1.54, 1.807) is 6.07 Å². The molecule has 3 heteroatoms. The van der Waals surface area contributed by atoms with Crippen molar-refractivity contribution in [2.75, 3.05) is 0 Å². The molecule has 84 valence electrons. The third-order valence-corrected chi connectivity index (χ3v) is 2.26. The summed E-state index contributed by atoms with van der Waals surface area (Å²) in [6, 6.07) is 9.57. The van der Waals surface area contributed by atoms with Gasteiger partial charge in [0.25, 0.3) is 0 Å². The third kappa shape index (κ3) is 2.14. The number of fused-ring (bicyclic) bond motifs is 1. The number of hydrogen-bond donors (Lipinski definition) is 1. The average molecular weight is 217 g/mol. The highest BCUT2D eigenvalue weighted by Gasteiger charge is 2.07. The molecule has 1 heterocycles. The van der Waals surface area contributed by atoms with Crippen molar-refractivity contribution in [2.45, 2.75) is 26.6 Å². The summed E-state index contributed by atoms with van der Waals surface area (Å²) in [5, 5.41) is 10.1. The summed E-state index contributed by atoms with van der Waals surface area (Å²) in [5.41, 5.74) is 1.49. The number of aliphatic hydroxyl groups is 1. The van der Waals surface area contributed by atoms with E-state index in [1.807, 2.05) is 38.1 Å². The van der Waals surface area contributed by atoms with Gasteiger partial charge in [0, 0.05) is 11.5 Å². The number of ether oxygens (including phenoxy) is 1. The highest BCUT2D eigenvalue weighted by molar-refractivity contribution is 5.85. The lowest BCUT2D eigenvalue weighted by Gasteiger charge is -2.13. The normalized spacial score (nSPS) is 11.0. The first-order valence-electron chi connectivity index (χ1n) is 5.37. The standard InChI is InChI=1S/C13H15NO2/c1-9(2)16-13-7-10(8-15)14-12-6-4-3-5-11(12)13/h3-7,9,15H,8H2,1-2H3. The SMILES string of the molecule is CC(C)Oc1cc(CO)nc2ccccc12. The van der Waals surface area contributed by atoms with Crippen LogP contribution in [0.1, 0.15) is 19.5 Å². The molecule has 0 spiro atoms. The molecule has 0 saturated carbocycles. The molecule has 16 heavy (non-hydrogen) atoms. The van der Waals surface area contributed by atoms with Crippen LogP contribution in [-0.2, 0) is 6.61 Å². The minimum atomic E-state index is -0.0701. The largest absolute Gasteiger partial charge is 0.490 e. The smallest absolute Gasteiger partial charge is 0.130 e. The molecule has 0 unspecified atom stereocenters. The van der Waals surface area contributed by atoms with E-state index in [0.29, 0.717) is 5.69 Å². The van der Waals surface area contributed by atoms with Crippen LogP contribution in [0, 0.1) is 0 Å². The number of benzene rings is 1. The van der Waals surface area contributed by atoms with Gasteiger partial charge in [0.2, 0.25) is 0 Å². The Balaban J connectivity index is 2.59. The molecule has 1 aromatic carbocycles. The highest BCUT2D eigenvalue weighted by Crippen LogP contribution is 2.26. The third-order valence-electron chi connectivity index (χ3n) is 2.26. The van der Waals surface area contributed by atoms with Crippen LogP contribution in [0.2, 0.25) is 0 Å². The molecular weight excluding hydrogens is 202 g/mol. The Morgan fingerprint density at radius 3 is 2.75 bits per heavy atom. The molecule has 0 aliphatic rings. The molecule has 0 radical (unpaired) electrons. The quantitative estimate of drug-likeness (QED) is 0.859. The van der Waals surface area contributed by atoms with Gasteiger partial charge in [-0.05, 0) is 26.0 Å². The Kier molecular flexibility index (Phi) is 3.06. The van der Waals surface area contributed by atoms with Crippen molar-refractivity contribution in [1.29, 1.82) is 0 Å². The average Bonchev–Trinajstić information content (AvgIpc) is 2.28. The maximum absolute atomic E-state index is 9.14. The fraction of sp³-hybridized carbons (Fsp3) is 0.308. The van der Waals surface area contributed by atoms with E-state index in [0.717, 1.165) is 16.7 Å². The number of aliphatic hydroxyl groups excluding tert-OH is 1. The fourth-order valence-electron chi connectivity index (χ4n) is 1.63. The van der Waals surface area contributed by atoms with Crippen molar-refractivity contribution in [3.63, 3.8) is 0 Å². The van der Waals surface area contributed by atoms with E-state index in [-0.39, 0.29) is 12.7 Å². The summed E-state index contributed by atoms with van der Waals surface area (Å²) in [4.78, 5) is 4.33. The zero-order valence-electron chi connectivity index (χ0n) is 9.47. The lowest BCUT2D eigenvalue weighted by Crippen LogP contribution is -2.07. The van der Waals surface area contributed by atoms with E-state index < -0.39 is 0 Å². The predicted molar refractivity (Wildman–Crippen MR) is 63.4 cm³/mol. The van der Waals surface area contributed by atoms with Gasteiger partial charge in [-0.15, -0.1) is 0 Å². The summed E-state index contributed by atoms with van der Waals surface area (Å²) in [6.07, 6.45) is 0.109. The molecule has 2 rings (SSSR count). The van der Waals surface area contributed by atoms with E-state index in [2.05, 4.69) is 4.98 Å². The lowest BCUT2D eigenvalue weighted by atomic mass is 10.2. The molecule has 0 fully saturated rings. The van der Waals surface area contributed by atoms with Gasteiger partial charge in [0.15, 0.2) is 0 Å². The Labute approximate surface area is 94.7 Å². The number of pyridine rings is 1. The van der Waals surface area contributed by atoms with Crippen molar-refractivity contribution >= 4 is 10.9 Å². The topological polar surface area (TPSA) is 42.4 Å². The molecule has 1 aromatic heterocycles. The van der Waals surface area contributed by atoms with Crippen LogP contribution in [0.25, 0.3) is 10.9 Å². The molecular formula is C13H15NO2. The molecule has 0 saturated heterocycles. The second-order valence-corrected chi connectivity index (χ2v) is 3.95. The minimum absolute atomic E-state index is 0.0701. The Morgan fingerprint density at radius 1 is 1.31 bits per heavy atom. The first-order valence-corrected chi connectivity index (χ1v) is 5.37. The van der Waals surface area contributed by atoms with Crippen LogP contribution < -0.4 is 4.74 Å². The Morgan fingerprint density at radius 2 is 2.06 bits per heavy atom. The van der Waals surface area contributed by atoms with Crippen molar-refractivity contribution in [2.24, 2.45) is 0 Å². The maximum Gasteiger partial charge on any atom is 0.130 e. The van der Waals surface area contributed by atoms with Gasteiger partial charge in [-0.25, -0.2) is 0 Å². The fourth-order valence-corrected chi connectivity index (χ4v) is 1.63. The summed E-state index contributed by atoms with van der Waals surface area (Å²) in [5.74, 6) is 0.782. The van der Waals surface area contributed by atoms with Crippen LogP contribution in [0.3, 0.4) is 0 Å². The van der Waals surface area contributed by atoms with Crippen LogP contribution in [-0.4, -0.2) is 16.2 Å². The first kappa shape index (κ1) is 10.9. The van der Waals surface area contributed by atoms with Crippen LogP contribution in [0.5, 0.6) is 5.75 Å². The van der Waals surface area contributed by atoms with Gasteiger partial charge in [-0.1, -0.05) is 12.1 Å². The second-order valence-electron chi connectivity index (χ2n) is 3.95. The summed E-state index contributed by atoms with van der Waals surface area (Å²) >= 11 is 0. The van der Waals surface area contributed by atoms with Crippen molar-refractivity contribution < 1.29 is 9.84 Å². The number of para-hydroxylation sites is 1. The minimum Gasteiger partial charge on any atom is -0.490 e. The highest BCUT2D eigenvalue weighted by atomic mass is 16.5. The van der Waals surface area contributed by atoms with Gasteiger partial charge < -0.3 is 9.84 Å². The molecule has 0 aliphatic carbocycles. The Bertz CT molecular complexity index is 494. The monoisotopic (exact) mass is 217 g/mol. The van der Waals surface area contributed by atoms with Crippen molar-refractivity contribution in [1.82, 2.24) is 4.98 Å². The molecule has 2 aromatic rings. The van der Waals surface area contributed by atoms with Crippen LogP contribution >= 0.6 is 0 Å². The summed E-state index contributed by atoms with van der Waals surface area (Å²) in [7, 11) is 0. The van der Waals surface area contributed by atoms with Gasteiger partial charge in [0.05, 0.1) is 23.9 Å². The van der Waals surface area contributed by atoms with Crippen molar-refractivity contribution in [3.05, 3.63) is 36.0 Å². The van der Waals surface area contributed by atoms with Crippen molar-refractivity contribution in [3.8, 4) is 5.75 Å². The second kappa shape index (κ2) is 4.49. The molecule has 0 amide bonds. The van der Waals surface area contributed by atoms with Gasteiger partial charge in [-0.3, -0.25) is 4.98 Å². The van der Waals surface area contributed by atoms with Gasteiger partial charge in [-0.2, -0.15) is 0 Å². The zero-order chi connectivity index (χ0) is 11.5. The number of nitrogens with zero attached hydrogens (tertiary/aromatic N) is 1. The number of aromatic nitrogens is 1. The van der Waals surface area contributed by atoms with E-state index in [4.69, 9.17) is 9.84 Å². The molecule has 0 aliphatic heterocycles. The molecule has 0 bridgehead atoms. The van der Waals surface area contributed by atoms with E-state index >= 15 is 0 Å². The van der Waals surface area contributed by atoms with Crippen LogP contribution in [0.4, 0.5) is 0 Å². The number of rotatable bonds is 3. The van der Waals surface area contributed by atoms with Gasteiger partial charge >= 0.3 is 0 Å². The summed E-state index contributed by atoms with van der Waals surface area (Å²) in [6.45, 7) is 3.89. The summed E-state index contributed by atoms with van der Waals surface area (Å²) < 4.78 is 5.72. The predicted octanol–water partition coefficient (Wildman–Crippen LogP) is 2.51. The number of hydrogen-bond acceptors (Lipinski definition) is 3. The Hall–Kier alpha value is -1.61. The maximum atomic E-state index is 9.14. The lowest BCUT2D eigenvalue weighted by molar-refractivity contribution is 0.242.